The molecule has 2 N–H and O–H groups in total. The molecular formula is C12H16BrN3O2. The molecule has 18 heavy (non-hydrogen) atoms. The fourth-order valence-electron chi connectivity index (χ4n) is 1.66. The second-order valence-electron chi connectivity index (χ2n) is 3.96. The van der Waals surface area contributed by atoms with E-state index in [9.17, 15) is 4.79 Å². The number of para-hydroxylation sites is 1. The van der Waals surface area contributed by atoms with Gasteiger partial charge in [-0.1, -0.05) is 12.1 Å². The van der Waals surface area contributed by atoms with Crippen LogP contribution in [-0.4, -0.2) is 43.8 Å². The van der Waals surface area contributed by atoms with Crippen molar-refractivity contribution in [2.24, 2.45) is 0 Å². The summed E-state index contributed by atoms with van der Waals surface area (Å²) in [5, 5.41) is 4.85. The maximum absolute atomic E-state index is 11.8. The Labute approximate surface area is 115 Å². The van der Waals surface area contributed by atoms with E-state index in [1.807, 2.05) is 29.3 Å². The standard InChI is InChI=1S/C12H16BrN3O2/c13-10-3-1-2-4-11(10)15-12(17)9-14-16-5-7-18-8-6-16/h1-4,14H,5-9H2,(H,15,17). The highest BCUT2D eigenvalue weighted by atomic mass is 79.9. The lowest BCUT2D eigenvalue weighted by Crippen LogP contribution is -2.48. The zero-order valence-corrected chi connectivity index (χ0v) is 11.6. The molecule has 0 spiro atoms. The molecule has 1 aliphatic rings. The Morgan fingerprint density at radius 2 is 2.06 bits per heavy atom. The zero-order chi connectivity index (χ0) is 12.8. The van der Waals surface area contributed by atoms with Crippen LogP contribution in [0.15, 0.2) is 28.7 Å². The van der Waals surface area contributed by atoms with Crippen LogP contribution in [0, 0.1) is 0 Å². The molecule has 98 valence electrons. The van der Waals surface area contributed by atoms with E-state index >= 15 is 0 Å². The average molecular weight is 314 g/mol. The quantitative estimate of drug-likeness (QED) is 0.878. The van der Waals surface area contributed by atoms with Gasteiger partial charge in [0.2, 0.25) is 5.91 Å². The number of nitrogens with zero attached hydrogens (tertiary/aromatic N) is 1. The van der Waals surface area contributed by atoms with Crippen molar-refractivity contribution in [3.63, 3.8) is 0 Å². The van der Waals surface area contributed by atoms with Gasteiger partial charge in [-0.05, 0) is 28.1 Å². The van der Waals surface area contributed by atoms with Crippen LogP contribution in [0.1, 0.15) is 0 Å². The minimum atomic E-state index is -0.0617. The molecule has 0 aromatic heterocycles. The van der Waals surface area contributed by atoms with Crippen molar-refractivity contribution in [1.82, 2.24) is 10.4 Å². The van der Waals surface area contributed by atoms with Crippen LogP contribution in [0.5, 0.6) is 0 Å². The van der Waals surface area contributed by atoms with Gasteiger partial charge >= 0.3 is 0 Å². The summed E-state index contributed by atoms with van der Waals surface area (Å²) in [5.74, 6) is -0.0617. The van der Waals surface area contributed by atoms with Crippen LogP contribution >= 0.6 is 15.9 Å². The number of hydrogen-bond donors (Lipinski definition) is 2. The van der Waals surface area contributed by atoms with Crippen molar-refractivity contribution in [3.8, 4) is 0 Å². The maximum Gasteiger partial charge on any atom is 0.239 e. The third-order valence-corrected chi connectivity index (χ3v) is 3.31. The van der Waals surface area contributed by atoms with Gasteiger partial charge in [-0.15, -0.1) is 0 Å². The van der Waals surface area contributed by atoms with Gasteiger partial charge in [0.05, 0.1) is 25.4 Å². The lowest BCUT2D eigenvalue weighted by molar-refractivity contribution is -0.116. The van der Waals surface area contributed by atoms with Crippen molar-refractivity contribution < 1.29 is 9.53 Å². The number of morpholine rings is 1. The number of nitrogens with one attached hydrogen (secondary N) is 2. The predicted octanol–water partition coefficient (Wildman–Crippen LogP) is 1.22. The summed E-state index contributed by atoms with van der Waals surface area (Å²) in [6.07, 6.45) is 0. The summed E-state index contributed by atoms with van der Waals surface area (Å²) < 4.78 is 6.11. The molecule has 1 aromatic rings. The molecule has 0 aliphatic carbocycles. The molecule has 1 heterocycles. The number of hydrazine groups is 1. The number of hydrogen-bond acceptors (Lipinski definition) is 4. The molecule has 0 saturated carbocycles. The molecule has 0 bridgehead atoms. The molecule has 2 rings (SSSR count). The second kappa shape index (κ2) is 6.84. The first-order chi connectivity index (χ1) is 8.75. The monoisotopic (exact) mass is 313 g/mol. The van der Waals surface area contributed by atoms with Crippen molar-refractivity contribution in [3.05, 3.63) is 28.7 Å². The van der Waals surface area contributed by atoms with E-state index in [1.54, 1.807) is 0 Å². The van der Waals surface area contributed by atoms with E-state index in [0.717, 1.165) is 23.2 Å². The van der Waals surface area contributed by atoms with Crippen LogP contribution < -0.4 is 10.7 Å². The summed E-state index contributed by atoms with van der Waals surface area (Å²) in [6.45, 7) is 3.30. The van der Waals surface area contributed by atoms with E-state index in [0.29, 0.717) is 13.2 Å². The number of rotatable bonds is 4. The molecule has 1 saturated heterocycles. The Balaban J connectivity index is 1.76. The van der Waals surface area contributed by atoms with E-state index in [4.69, 9.17) is 4.74 Å². The Morgan fingerprint density at radius 1 is 1.33 bits per heavy atom. The molecule has 6 heteroatoms. The predicted molar refractivity (Wildman–Crippen MR) is 73.2 cm³/mol. The van der Waals surface area contributed by atoms with Crippen LogP contribution in [0.3, 0.4) is 0 Å². The number of ether oxygens (including phenoxy) is 1. The van der Waals surface area contributed by atoms with E-state index in [2.05, 4.69) is 26.7 Å². The lowest BCUT2D eigenvalue weighted by Gasteiger charge is -2.26. The molecule has 1 aromatic carbocycles. The molecule has 1 fully saturated rings. The summed E-state index contributed by atoms with van der Waals surface area (Å²) in [6, 6.07) is 7.54. The molecule has 5 nitrogen and oxygen atoms in total. The van der Waals surface area contributed by atoms with Crippen molar-refractivity contribution in [1.29, 1.82) is 0 Å². The summed E-state index contributed by atoms with van der Waals surface area (Å²) in [4.78, 5) is 11.8. The molecule has 0 unspecified atom stereocenters. The fourth-order valence-corrected chi connectivity index (χ4v) is 2.05. The van der Waals surface area contributed by atoms with E-state index in [-0.39, 0.29) is 12.5 Å². The van der Waals surface area contributed by atoms with Gasteiger partial charge in [0.25, 0.3) is 0 Å². The van der Waals surface area contributed by atoms with Crippen molar-refractivity contribution in [2.75, 3.05) is 38.2 Å². The molecule has 1 aliphatic heterocycles. The molecule has 0 radical (unpaired) electrons. The number of halogens is 1. The van der Waals surface area contributed by atoms with Gasteiger partial charge in [0, 0.05) is 17.6 Å². The molecular weight excluding hydrogens is 298 g/mol. The van der Waals surface area contributed by atoms with Crippen LogP contribution in [0.2, 0.25) is 0 Å². The average Bonchev–Trinajstić information content (AvgIpc) is 2.40. The first-order valence-corrected chi connectivity index (χ1v) is 6.65. The van der Waals surface area contributed by atoms with Crippen LogP contribution in [0.4, 0.5) is 5.69 Å². The van der Waals surface area contributed by atoms with Gasteiger partial charge in [0.1, 0.15) is 0 Å². The smallest absolute Gasteiger partial charge is 0.239 e. The minimum Gasteiger partial charge on any atom is -0.379 e. The molecule has 1 amide bonds. The first kappa shape index (κ1) is 13.5. The normalized spacial score (nSPS) is 16.5. The van der Waals surface area contributed by atoms with Gasteiger partial charge in [-0.2, -0.15) is 0 Å². The molecule has 0 atom stereocenters. The van der Waals surface area contributed by atoms with Gasteiger partial charge in [0.15, 0.2) is 0 Å². The van der Waals surface area contributed by atoms with Gasteiger partial charge in [-0.25, -0.2) is 10.4 Å². The van der Waals surface area contributed by atoms with E-state index < -0.39 is 0 Å². The van der Waals surface area contributed by atoms with E-state index in [1.165, 1.54) is 0 Å². The third-order valence-electron chi connectivity index (χ3n) is 2.62. The highest BCUT2D eigenvalue weighted by Crippen LogP contribution is 2.20. The highest BCUT2D eigenvalue weighted by Gasteiger charge is 2.11. The number of amides is 1. The highest BCUT2D eigenvalue weighted by molar-refractivity contribution is 9.10. The maximum atomic E-state index is 11.8. The summed E-state index contributed by atoms with van der Waals surface area (Å²) in [5.41, 5.74) is 3.87. The van der Waals surface area contributed by atoms with Gasteiger partial charge < -0.3 is 10.1 Å². The van der Waals surface area contributed by atoms with Crippen molar-refractivity contribution >= 4 is 27.5 Å². The minimum absolute atomic E-state index is 0.0617. The lowest BCUT2D eigenvalue weighted by atomic mass is 10.3. The fraction of sp³-hybridized carbons (Fsp3) is 0.417. The number of carbonyl (C=O) groups excluding carboxylic acids is 1. The number of carbonyl (C=O) groups is 1. The van der Waals surface area contributed by atoms with Crippen LogP contribution in [0.25, 0.3) is 0 Å². The largest absolute Gasteiger partial charge is 0.379 e. The summed E-state index contributed by atoms with van der Waals surface area (Å²) >= 11 is 3.39. The van der Waals surface area contributed by atoms with Gasteiger partial charge in [-0.3, -0.25) is 4.79 Å². The Hall–Kier alpha value is -0.950. The number of benzene rings is 1. The number of anilines is 1. The Bertz CT molecular complexity index is 408. The third kappa shape index (κ3) is 4.06. The Kier molecular flexibility index (Phi) is 5.12. The van der Waals surface area contributed by atoms with Crippen LogP contribution in [-0.2, 0) is 9.53 Å². The first-order valence-electron chi connectivity index (χ1n) is 5.86. The van der Waals surface area contributed by atoms with Crippen molar-refractivity contribution in [2.45, 2.75) is 0 Å². The zero-order valence-electron chi connectivity index (χ0n) is 9.99. The Morgan fingerprint density at radius 3 is 2.78 bits per heavy atom. The summed E-state index contributed by atoms with van der Waals surface area (Å²) in [7, 11) is 0. The topological polar surface area (TPSA) is 53.6 Å². The second-order valence-corrected chi connectivity index (χ2v) is 4.82. The SMILES string of the molecule is O=C(CNN1CCOCC1)Nc1ccccc1Br.